The predicted molar refractivity (Wildman–Crippen MR) is 149 cm³/mol. The molecule has 0 aromatic heterocycles. The molecule has 4 aromatic rings. The first kappa shape index (κ1) is 25.1. The fourth-order valence-electron chi connectivity index (χ4n) is 3.84. The Kier molecular flexibility index (Phi) is 7.42. The Labute approximate surface area is 225 Å². The van der Waals surface area contributed by atoms with Crippen molar-refractivity contribution >= 4 is 36.3 Å². The number of para-hydroxylation sites is 2. The van der Waals surface area contributed by atoms with Crippen molar-refractivity contribution in [3.63, 3.8) is 0 Å². The van der Waals surface area contributed by atoms with Crippen molar-refractivity contribution in [2.45, 2.75) is 0 Å². The van der Waals surface area contributed by atoms with Crippen LogP contribution in [-0.2, 0) is 9.19 Å². The number of nitriles is 1. The molecule has 186 valence electrons. The number of phosphoric acid groups is 1. The molecule has 0 N–H and O–H groups in total. The summed E-state index contributed by atoms with van der Waals surface area (Å²) < 4.78 is 30.5. The van der Waals surface area contributed by atoms with E-state index in [1.54, 1.807) is 84.9 Å². The zero-order valence-electron chi connectivity index (χ0n) is 19.9. The van der Waals surface area contributed by atoms with Crippen LogP contribution in [0.3, 0.4) is 0 Å². The van der Waals surface area contributed by atoms with E-state index in [1.807, 2.05) is 36.4 Å². The Morgan fingerprint density at radius 1 is 0.737 bits per heavy atom. The van der Waals surface area contributed by atoms with Gasteiger partial charge in [-0.05, 0) is 53.6 Å². The summed E-state index contributed by atoms with van der Waals surface area (Å²) in [4.78, 5) is 0. The van der Waals surface area contributed by atoms with Gasteiger partial charge in [0.05, 0.1) is 5.57 Å². The first-order valence-corrected chi connectivity index (χ1v) is 13.4. The van der Waals surface area contributed by atoms with Gasteiger partial charge in [0.1, 0.15) is 23.3 Å². The molecule has 0 aliphatic heterocycles. The summed E-state index contributed by atoms with van der Waals surface area (Å²) in [5, 5.41) is 14.8. The summed E-state index contributed by atoms with van der Waals surface area (Å²) >= 11 is 6.03. The molecule has 0 fully saturated rings. The van der Waals surface area contributed by atoms with E-state index in [2.05, 4.69) is 11.2 Å². The van der Waals surface area contributed by atoms with Crippen molar-refractivity contribution in [1.29, 1.82) is 5.26 Å². The second-order valence-electron chi connectivity index (χ2n) is 8.10. The van der Waals surface area contributed by atoms with Crippen molar-refractivity contribution in [2.24, 2.45) is 5.16 Å². The smallest absolute Gasteiger partial charge is 0.385 e. The van der Waals surface area contributed by atoms with E-state index in [0.717, 1.165) is 11.1 Å². The molecule has 0 unspecified atom stereocenters. The van der Waals surface area contributed by atoms with E-state index in [-0.39, 0.29) is 0 Å². The van der Waals surface area contributed by atoms with Crippen LogP contribution in [0.1, 0.15) is 16.7 Å². The molecule has 1 aliphatic rings. The third-order valence-corrected chi connectivity index (χ3v) is 6.98. The van der Waals surface area contributed by atoms with Gasteiger partial charge >= 0.3 is 7.82 Å². The van der Waals surface area contributed by atoms with Gasteiger partial charge in [0.25, 0.3) is 0 Å². The number of oxime groups is 1. The first-order valence-electron chi connectivity index (χ1n) is 11.6. The van der Waals surface area contributed by atoms with E-state index in [4.69, 9.17) is 25.3 Å². The van der Waals surface area contributed by atoms with Crippen molar-refractivity contribution < 1.29 is 18.2 Å². The molecular formula is C30H20ClN2O4P. The number of halogens is 1. The molecule has 0 saturated carbocycles. The Morgan fingerprint density at radius 2 is 1.29 bits per heavy atom. The van der Waals surface area contributed by atoms with Crippen LogP contribution in [-0.4, -0.2) is 5.71 Å². The number of phosphoric ester groups is 1. The quantitative estimate of drug-likeness (QED) is 0.134. The van der Waals surface area contributed by atoms with E-state index in [0.29, 0.717) is 38.9 Å². The summed E-state index contributed by atoms with van der Waals surface area (Å²) in [6.07, 6.45) is 3.47. The molecule has 0 saturated heterocycles. The summed E-state index contributed by atoms with van der Waals surface area (Å²) in [7, 11) is -4.23. The van der Waals surface area contributed by atoms with E-state index >= 15 is 0 Å². The number of fused-ring (bicyclic) bond motifs is 1. The molecule has 0 bridgehead atoms. The van der Waals surface area contributed by atoms with E-state index < -0.39 is 7.82 Å². The Hall–Kier alpha value is -4.56. The zero-order valence-corrected chi connectivity index (χ0v) is 21.5. The highest BCUT2D eigenvalue weighted by Crippen LogP contribution is 2.50. The average Bonchev–Trinajstić information content (AvgIpc) is 2.95. The molecule has 38 heavy (non-hydrogen) atoms. The maximum atomic E-state index is 13.7. The van der Waals surface area contributed by atoms with Crippen LogP contribution in [0.15, 0.2) is 127 Å². The molecule has 0 spiro atoms. The van der Waals surface area contributed by atoms with Crippen LogP contribution in [0.5, 0.6) is 11.5 Å². The fourth-order valence-corrected chi connectivity index (χ4v) is 5.02. The molecule has 0 radical (unpaired) electrons. The molecule has 0 amide bonds. The first-order chi connectivity index (χ1) is 18.5. The third kappa shape index (κ3) is 5.71. The maximum absolute atomic E-state index is 13.7. The topological polar surface area (TPSA) is 80.9 Å². The van der Waals surface area contributed by atoms with Gasteiger partial charge in [-0.2, -0.15) is 9.83 Å². The maximum Gasteiger partial charge on any atom is 0.668 e. The number of rotatable bonds is 7. The lowest BCUT2D eigenvalue weighted by Gasteiger charge is -2.19. The number of nitrogens with zero attached hydrogens (tertiary/aromatic N) is 2. The van der Waals surface area contributed by atoms with Crippen molar-refractivity contribution in [3.05, 3.63) is 143 Å². The van der Waals surface area contributed by atoms with Crippen LogP contribution in [0.25, 0.3) is 11.1 Å². The van der Waals surface area contributed by atoms with Crippen molar-refractivity contribution in [3.8, 4) is 17.6 Å². The number of hydrogen-bond acceptors (Lipinski definition) is 6. The monoisotopic (exact) mass is 538 g/mol. The van der Waals surface area contributed by atoms with E-state index in [1.165, 1.54) is 0 Å². The van der Waals surface area contributed by atoms with Gasteiger partial charge in [-0.3, -0.25) is 4.62 Å². The normalized spacial score (nSPS) is 14.8. The highest BCUT2D eigenvalue weighted by molar-refractivity contribution is 7.49. The molecule has 1 aliphatic carbocycles. The molecule has 6 nitrogen and oxygen atoms in total. The van der Waals surface area contributed by atoms with Gasteiger partial charge < -0.3 is 9.05 Å². The van der Waals surface area contributed by atoms with Crippen LogP contribution >= 0.6 is 19.4 Å². The molecule has 0 heterocycles. The van der Waals surface area contributed by atoms with Gasteiger partial charge in [-0.25, -0.2) is 0 Å². The van der Waals surface area contributed by atoms with Crippen LogP contribution in [0, 0.1) is 11.3 Å². The lowest BCUT2D eigenvalue weighted by Crippen LogP contribution is -2.09. The van der Waals surface area contributed by atoms with Gasteiger partial charge in [0.15, 0.2) is 0 Å². The van der Waals surface area contributed by atoms with Gasteiger partial charge in [-0.1, -0.05) is 95.6 Å². The summed E-state index contributed by atoms with van der Waals surface area (Å²) in [5.41, 5.74) is 3.79. The number of allylic oxidation sites excluding steroid dienone is 4. The summed E-state index contributed by atoms with van der Waals surface area (Å²) in [6, 6.07) is 34.0. The molecule has 8 heteroatoms. The fraction of sp³-hybridized carbons (Fsp3) is 0. The predicted octanol–water partition coefficient (Wildman–Crippen LogP) is 8.33. The Morgan fingerprint density at radius 3 is 1.87 bits per heavy atom. The van der Waals surface area contributed by atoms with E-state index in [9.17, 15) is 9.83 Å². The average molecular weight is 539 g/mol. The van der Waals surface area contributed by atoms with Crippen molar-refractivity contribution in [1.82, 2.24) is 0 Å². The van der Waals surface area contributed by atoms with Crippen LogP contribution in [0.4, 0.5) is 0 Å². The van der Waals surface area contributed by atoms with Gasteiger partial charge in [-0.15, -0.1) is 0 Å². The van der Waals surface area contributed by atoms with Crippen molar-refractivity contribution in [2.75, 3.05) is 0 Å². The summed E-state index contributed by atoms with van der Waals surface area (Å²) in [5.74, 6) is 0.608. The van der Waals surface area contributed by atoms with Crippen LogP contribution < -0.4 is 9.05 Å². The second-order valence-corrected chi connectivity index (χ2v) is 9.96. The minimum Gasteiger partial charge on any atom is -0.385 e. The van der Waals surface area contributed by atoms with Gasteiger partial charge in [0, 0.05) is 16.2 Å². The summed E-state index contributed by atoms with van der Waals surface area (Å²) in [6.45, 7) is 0. The third-order valence-electron chi connectivity index (χ3n) is 5.58. The minimum absolute atomic E-state index is 0.304. The highest BCUT2D eigenvalue weighted by atomic mass is 35.5. The number of benzene rings is 4. The molecule has 4 aromatic carbocycles. The standard InChI is InChI=1S/C30H20ClN2O4P/c31-23-17-15-22(16-18-23)29(21-32)27-19-20-30(28-14-8-7-13-26(27)28)33-37-38(34,35-24-9-3-1-4-10-24)36-25-11-5-2-6-12-25/h1-20H. The number of hydrogen-bond donors (Lipinski definition) is 0. The zero-order chi connectivity index (χ0) is 26.4. The Bertz CT molecular complexity index is 1580. The van der Waals surface area contributed by atoms with Gasteiger partial charge in [0.2, 0.25) is 0 Å². The minimum atomic E-state index is -4.23. The lowest BCUT2D eigenvalue weighted by atomic mass is 9.87. The van der Waals surface area contributed by atoms with Crippen LogP contribution in [0.2, 0.25) is 5.02 Å². The Balaban J connectivity index is 1.51. The second kappa shape index (κ2) is 11.2. The SMILES string of the molecule is N#CC(=C1C=CC(=NOP(=O)(Oc2ccccc2)Oc2ccccc2)c2ccccc21)c1ccc(Cl)cc1. The lowest BCUT2D eigenvalue weighted by molar-refractivity contribution is 0.218. The molecular weight excluding hydrogens is 519 g/mol. The molecule has 5 rings (SSSR count). The largest absolute Gasteiger partial charge is 0.668 e. The highest BCUT2D eigenvalue weighted by Gasteiger charge is 2.34. The molecule has 0 atom stereocenters.